The van der Waals surface area contributed by atoms with Gasteiger partial charge in [-0.05, 0) is 60.7 Å². The SMILES string of the molecule is Cc1cc(C)cc(N2CC(C)CN3C4C(=O)N(Cc5ccc(Cl)cc5Cl)C(=O)N(C)C4NC23)c1. The number of nitrogens with one attached hydrogen (secondary N) is 1. The molecular formula is C25H29Cl2N5O2. The largest absolute Gasteiger partial charge is 0.343 e. The van der Waals surface area contributed by atoms with Crippen LogP contribution < -0.4 is 10.2 Å². The molecule has 0 bridgehead atoms. The number of rotatable bonds is 3. The molecule has 0 aromatic heterocycles. The number of anilines is 1. The van der Waals surface area contributed by atoms with Gasteiger partial charge in [-0.25, -0.2) is 4.79 Å². The number of hydrogen-bond acceptors (Lipinski definition) is 5. The van der Waals surface area contributed by atoms with Gasteiger partial charge in [0.1, 0.15) is 18.5 Å². The summed E-state index contributed by atoms with van der Waals surface area (Å²) in [6.07, 6.45) is -0.577. The van der Waals surface area contributed by atoms with Gasteiger partial charge in [0.15, 0.2) is 0 Å². The lowest BCUT2D eigenvalue weighted by atomic mass is 10.0. The van der Waals surface area contributed by atoms with Crippen molar-refractivity contribution in [3.8, 4) is 0 Å². The molecule has 3 fully saturated rings. The number of benzene rings is 2. The van der Waals surface area contributed by atoms with Gasteiger partial charge in [0.05, 0.1) is 6.54 Å². The van der Waals surface area contributed by atoms with Crippen molar-refractivity contribution in [2.75, 3.05) is 25.0 Å². The average Bonchev–Trinajstić information content (AvgIpc) is 3.15. The Bertz CT molecular complexity index is 1140. The first kappa shape index (κ1) is 23.4. The minimum absolute atomic E-state index is 0.107. The Morgan fingerprint density at radius 3 is 2.41 bits per heavy atom. The Hall–Kier alpha value is -2.32. The number of likely N-dealkylation sites (N-methyl/N-ethyl adjacent to an activating group) is 1. The van der Waals surface area contributed by atoms with Crippen LogP contribution in [0, 0.1) is 19.8 Å². The highest BCUT2D eigenvalue weighted by molar-refractivity contribution is 6.35. The van der Waals surface area contributed by atoms with Gasteiger partial charge >= 0.3 is 6.03 Å². The summed E-state index contributed by atoms with van der Waals surface area (Å²) in [6.45, 7) is 8.14. The summed E-state index contributed by atoms with van der Waals surface area (Å²) in [5.74, 6) is 0.149. The van der Waals surface area contributed by atoms with Crippen LogP contribution >= 0.6 is 23.2 Å². The predicted octanol–water partition coefficient (Wildman–Crippen LogP) is 4.04. The Morgan fingerprint density at radius 1 is 1.03 bits per heavy atom. The molecule has 3 saturated heterocycles. The quantitative estimate of drug-likeness (QED) is 0.687. The molecule has 0 saturated carbocycles. The molecule has 4 unspecified atom stereocenters. The third kappa shape index (κ3) is 3.94. The maximum absolute atomic E-state index is 13.8. The molecule has 3 aliphatic rings. The van der Waals surface area contributed by atoms with Crippen LogP contribution in [0.4, 0.5) is 10.5 Å². The van der Waals surface area contributed by atoms with Crippen LogP contribution in [0.25, 0.3) is 0 Å². The maximum Gasteiger partial charge on any atom is 0.328 e. The predicted molar refractivity (Wildman–Crippen MR) is 134 cm³/mol. The van der Waals surface area contributed by atoms with E-state index in [2.05, 4.69) is 54.1 Å². The number of urea groups is 1. The summed E-state index contributed by atoms with van der Waals surface area (Å²) < 4.78 is 0. The third-order valence-electron chi connectivity index (χ3n) is 6.97. The van der Waals surface area contributed by atoms with Crippen molar-refractivity contribution in [1.82, 2.24) is 20.0 Å². The van der Waals surface area contributed by atoms with Crippen LogP contribution in [0.1, 0.15) is 23.6 Å². The molecule has 34 heavy (non-hydrogen) atoms. The van der Waals surface area contributed by atoms with Gasteiger partial charge in [0.2, 0.25) is 0 Å². The first-order valence-electron chi connectivity index (χ1n) is 11.5. The number of halogens is 2. The molecule has 180 valence electrons. The first-order chi connectivity index (χ1) is 16.1. The van der Waals surface area contributed by atoms with Gasteiger partial charge in [0, 0.05) is 35.9 Å². The van der Waals surface area contributed by atoms with E-state index >= 15 is 0 Å². The van der Waals surface area contributed by atoms with Gasteiger partial charge < -0.3 is 9.80 Å². The minimum Gasteiger partial charge on any atom is -0.343 e. The molecule has 0 radical (unpaired) electrons. The molecule has 0 aliphatic carbocycles. The Labute approximate surface area is 210 Å². The second kappa shape index (κ2) is 8.72. The average molecular weight is 502 g/mol. The lowest BCUT2D eigenvalue weighted by molar-refractivity contribution is -0.139. The van der Waals surface area contributed by atoms with Gasteiger partial charge in [-0.2, -0.15) is 0 Å². The zero-order chi connectivity index (χ0) is 24.3. The van der Waals surface area contributed by atoms with E-state index in [-0.39, 0.29) is 24.8 Å². The zero-order valence-electron chi connectivity index (χ0n) is 19.8. The van der Waals surface area contributed by atoms with Gasteiger partial charge in [-0.15, -0.1) is 0 Å². The van der Waals surface area contributed by atoms with E-state index in [4.69, 9.17) is 23.2 Å². The fraction of sp³-hybridized carbons (Fsp3) is 0.440. The summed E-state index contributed by atoms with van der Waals surface area (Å²) in [5, 5.41) is 4.53. The molecule has 1 N–H and O–H groups in total. The van der Waals surface area contributed by atoms with E-state index in [0.29, 0.717) is 21.5 Å². The Morgan fingerprint density at radius 2 is 1.74 bits per heavy atom. The Kier molecular flexibility index (Phi) is 6.01. The van der Waals surface area contributed by atoms with Crippen LogP contribution in [0.15, 0.2) is 36.4 Å². The number of carbonyl (C=O) groups is 2. The highest BCUT2D eigenvalue weighted by Crippen LogP contribution is 2.36. The molecule has 4 atom stereocenters. The van der Waals surface area contributed by atoms with E-state index < -0.39 is 12.2 Å². The highest BCUT2D eigenvalue weighted by Gasteiger charge is 2.56. The van der Waals surface area contributed by atoms with Crippen molar-refractivity contribution in [3.05, 3.63) is 63.1 Å². The molecule has 0 spiro atoms. The van der Waals surface area contributed by atoms with Crippen LogP contribution in [0.3, 0.4) is 0 Å². The van der Waals surface area contributed by atoms with Gasteiger partial charge in [-0.1, -0.05) is 42.3 Å². The normalized spacial score (nSPS) is 27.3. The highest BCUT2D eigenvalue weighted by atomic mass is 35.5. The third-order valence-corrected chi connectivity index (χ3v) is 7.55. The van der Waals surface area contributed by atoms with Crippen molar-refractivity contribution in [3.63, 3.8) is 0 Å². The fourth-order valence-electron chi connectivity index (χ4n) is 5.50. The molecule has 3 heterocycles. The lowest BCUT2D eigenvalue weighted by Crippen LogP contribution is -2.66. The lowest BCUT2D eigenvalue weighted by Gasteiger charge is -2.46. The second-order valence-corrected chi connectivity index (χ2v) is 10.6. The van der Waals surface area contributed by atoms with E-state index in [1.807, 2.05) is 0 Å². The molecule has 2 aromatic rings. The molecule has 9 heteroatoms. The van der Waals surface area contributed by atoms with Gasteiger partial charge in [-0.3, -0.25) is 19.9 Å². The van der Waals surface area contributed by atoms with Crippen LogP contribution in [-0.2, 0) is 11.3 Å². The minimum atomic E-state index is -0.477. The summed E-state index contributed by atoms with van der Waals surface area (Å²) in [6, 6.07) is 10.8. The molecule has 5 rings (SSSR count). The van der Waals surface area contributed by atoms with Crippen molar-refractivity contribution >= 4 is 40.8 Å². The van der Waals surface area contributed by atoms with Crippen LogP contribution in [-0.4, -0.2) is 65.3 Å². The van der Waals surface area contributed by atoms with Crippen molar-refractivity contribution in [2.45, 2.75) is 45.8 Å². The van der Waals surface area contributed by atoms with Crippen molar-refractivity contribution in [2.24, 2.45) is 5.92 Å². The van der Waals surface area contributed by atoms with E-state index in [0.717, 1.165) is 18.8 Å². The maximum atomic E-state index is 13.8. The standard InChI is InChI=1S/C25H29Cl2N5O2/c1-14-7-15(2)9-19(8-14)30-11-16(3)12-31-21-22(28-24(30)31)29(4)25(34)32(23(21)33)13-17-5-6-18(26)10-20(17)27/h5-10,16,21-22,24,28H,11-13H2,1-4H3. The number of aryl methyl sites for hydroxylation is 2. The second-order valence-electron chi connectivity index (χ2n) is 9.78. The summed E-state index contributed by atoms with van der Waals surface area (Å²) in [5.41, 5.74) is 4.21. The van der Waals surface area contributed by atoms with E-state index in [1.54, 1.807) is 30.1 Å². The number of amides is 3. The van der Waals surface area contributed by atoms with Crippen LogP contribution in [0.5, 0.6) is 0 Å². The molecule has 3 aliphatic heterocycles. The molecule has 2 aromatic carbocycles. The first-order valence-corrected chi connectivity index (χ1v) is 12.3. The van der Waals surface area contributed by atoms with Gasteiger partial charge in [0.25, 0.3) is 5.91 Å². The smallest absolute Gasteiger partial charge is 0.328 e. The molecule has 3 amide bonds. The number of nitrogens with zero attached hydrogens (tertiary/aromatic N) is 4. The molecular weight excluding hydrogens is 473 g/mol. The topological polar surface area (TPSA) is 59.1 Å². The summed E-state index contributed by atoms with van der Waals surface area (Å²) in [4.78, 5) is 34.5. The number of imide groups is 1. The summed E-state index contributed by atoms with van der Waals surface area (Å²) >= 11 is 12.4. The van der Waals surface area contributed by atoms with Crippen molar-refractivity contribution in [1.29, 1.82) is 0 Å². The van der Waals surface area contributed by atoms with Crippen LogP contribution in [0.2, 0.25) is 10.0 Å². The monoisotopic (exact) mass is 501 g/mol. The van der Waals surface area contributed by atoms with E-state index in [9.17, 15) is 9.59 Å². The Balaban J connectivity index is 1.47. The zero-order valence-corrected chi connectivity index (χ0v) is 21.3. The fourth-order valence-corrected chi connectivity index (χ4v) is 5.97. The summed E-state index contributed by atoms with van der Waals surface area (Å²) in [7, 11) is 1.75. The number of carbonyl (C=O) groups excluding carboxylic acids is 2. The van der Waals surface area contributed by atoms with Crippen molar-refractivity contribution < 1.29 is 9.59 Å². The number of fused-ring (bicyclic) bond motifs is 3. The number of hydrogen-bond donors (Lipinski definition) is 1. The van der Waals surface area contributed by atoms with E-state index in [1.165, 1.54) is 16.0 Å². The molecule has 7 nitrogen and oxygen atoms in total.